The van der Waals surface area contributed by atoms with Crippen LogP contribution >= 0.6 is 0 Å². The zero-order valence-corrected chi connectivity index (χ0v) is 15.1. The largest absolute Gasteiger partial charge is 0.495 e. The first-order valence-electron chi connectivity index (χ1n) is 8.54. The summed E-state index contributed by atoms with van der Waals surface area (Å²) in [6.07, 6.45) is 5.25. The van der Waals surface area contributed by atoms with Gasteiger partial charge < -0.3 is 9.84 Å². The lowest BCUT2D eigenvalue weighted by atomic mass is 9.95. The molecular weight excluding hydrogens is 333 g/mol. The Morgan fingerprint density at radius 1 is 1.27 bits per heavy atom. The number of pyridine rings is 1. The standard InChI is InChI=1S/C20H22FN3O2/c1-4-24-12-14(10-23-24)7-15-8-17(26-3)11-22-20(15)18-6-5-16(21)9-19(18)13(2)25/h5-6,8-13,25H,4,7H2,1-3H3/t13-/m1/s1. The lowest BCUT2D eigenvalue weighted by Gasteiger charge is -2.15. The van der Waals surface area contributed by atoms with E-state index in [1.54, 1.807) is 26.3 Å². The highest BCUT2D eigenvalue weighted by molar-refractivity contribution is 5.68. The van der Waals surface area contributed by atoms with Gasteiger partial charge in [0.15, 0.2) is 0 Å². The second kappa shape index (κ2) is 7.66. The summed E-state index contributed by atoms with van der Waals surface area (Å²) in [7, 11) is 1.59. The Hall–Kier alpha value is -2.73. The molecule has 1 atom stereocenters. The van der Waals surface area contributed by atoms with Crippen molar-refractivity contribution in [1.29, 1.82) is 0 Å². The molecule has 2 heterocycles. The van der Waals surface area contributed by atoms with Gasteiger partial charge in [-0.25, -0.2) is 4.39 Å². The van der Waals surface area contributed by atoms with E-state index in [9.17, 15) is 9.50 Å². The highest BCUT2D eigenvalue weighted by Crippen LogP contribution is 2.32. The summed E-state index contributed by atoms with van der Waals surface area (Å²) >= 11 is 0. The molecule has 0 saturated heterocycles. The number of aliphatic hydroxyl groups excluding tert-OH is 1. The van der Waals surface area contributed by atoms with E-state index < -0.39 is 6.10 Å². The average Bonchev–Trinajstić information content (AvgIpc) is 3.09. The maximum absolute atomic E-state index is 13.7. The smallest absolute Gasteiger partial charge is 0.137 e. The number of benzene rings is 1. The van der Waals surface area contributed by atoms with Gasteiger partial charge in [-0.1, -0.05) is 0 Å². The SMILES string of the molecule is CCn1cc(Cc2cc(OC)cnc2-c2ccc(F)cc2[C@@H](C)O)cn1. The first-order valence-corrected chi connectivity index (χ1v) is 8.54. The molecule has 5 nitrogen and oxygen atoms in total. The molecule has 0 bridgehead atoms. The van der Waals surface area contributed by atoms with Crippen LogP contribution in [-0.4, -0.2) is 27.0 Å². The van der Waals surface area contributed by atoms with E-state index in [4.69, 9.17) is 4.74 Å². The molecule has 0 unspecified atom stereocenters. The fourth-order valence-corrected chi connectivity index (χ4v) is 2.96. The lowest BCUT2D eigenvalue weighted by molar-refractivity contribution is 0.199. The molecule has 0 radical (unpaired) electrons. The second-order valence-electron chi connectivity index (χ2n) is 6.17. The van der Waals surface area contributed by atoms with Crippen LogP contribution in [0.1, 0.15) is 36.6 Å². The van der Waals surface area contributed by atoms with Gasteiger partial charge in [0.25, 0.3) is 0 Å². The molecule has 0 aliphatic heterocycles. The third kappa shape index (κ3) is 3.75. The molecule has 0 saturated carbocycles. The monoisotopic (exact) mass is 355 g/mol. The highest BCUT2D eigenvalue weighted by Gasteiger charge is 2.17. The van der Waals surface area contributed by atoms with Crippen molar-refractivity contribution in [3.63, 3.8) is 0 Å². The van der Waals surface area contributed by atoms with Crippen molar-refractivity contribution in [1.82, 2.24) is 14.8 Å². The molecule has 0 aliphatic rings. The van der Waals surface area contributed by atoms with E-state index in [2.05, 4.69) is 10.1 Å². The fourth-order valence-electron chi connectivity index (χ4n) is 2.96. The van der Waals surface area contributed by atoms with Crippen LogP contribution in [0.3, 0.4) is 0 Å². The molecule has 0 fully saturated rings. The Balaban J connectivity index is 2.10. The molecular formula is C20H22FN3O2. The predicted octanol–water partition coefficient (Wildman–Crippen LogP) is 3.76. The van der Waals surface area contributed by atoms with Gasteiger partial charge in [0.05, 0.1) is 31.3 Å². The van der Waals surface area contributed by atoms with E-state index in [-0.39, 0.29) is 5.82 Å². The maximum atomic E-state index is 13.7. The van der Waals surface area contributed by atoms with Crippen LogP contribution in [-0.2, 0) is 13.0 Å². The van der Waals surface area contributed by atoms with Crippen molar-refractivity contribution in [2.75, 3.05) is 7.11 Å². The highest BCUT2D eigenvalue weighted by atomic mass is 19.1. The van der Waals surface area contributed by atoms with E-state index >= 15 is 0 Å². The minimum atomic E-state index is -0.805. The summed E-state index contributed by atoms with van der Waals surface area (Å²) in [6.45, 7) is 4.45. The molecule has 1 N–H and O–H groups in total. The topological polar surface area (TPSA) is 60.2 Å². The lowest BCUT2D eigenvalue weighted by Crippen LogP contribution is -2.02. The second-order valence-corrected chi connectivity index (χ2v) is 6.17. The summed E-state index contributed by atoms with van der Waals surface area (Å²) < 4.78 is 20.8. The van der Waals surface area contributed by atoms with Crippen molar-refractivity contribution in [3.8, 4) is 17.0 Å². The van der Waals surface area contributed by atoms with E-state index in [1.165, 1.54) is 12.1 Å². The van der Waals surface area contributed by atoms with Gasteiger partial charge in [0.2, 0.25) is 0 Å². The number of methoxy groups -OCH3 is 1. The Labute approximate surface area is 152 Å². The van der Waals surface area contributed by atoms with Gasteiger partial charge in [0.1, 0.15) is 11.6 Å². The van der Waals surface area contributed by atoms with Crippen LogP contribution in [0, 0.1) is 5.82 Å². The summed E-state index contributed by atoms with van der Waals surface area (Å²) in [5, 5.41) is 14.4. The molecule has 136 valence electrons. The van der Waals surface area contributed by atoms with Crippen molar-refractivity contribution in [2.45, 2.75) is 32.9 Å². The molecule has 0 aliphatic carbocycles. The number of halogens is 1. The van der Waals surface area contributed by atoms with Crippen LogP contribution in [0.25, 0.3) is 11.3 Å². The van der Waals surface area contributed by atoms with Gasteiger partial charge in [-0.05, 0) is 54.8 Å². The van der Waals surface area contributed by atoms with E-state index in [1.807, 2.05) is 30.1 Å². The van der Waals surface area contributed by atoms with Gasteiger partial charge in [0, 0.05) is 24.7 Å². The minimum Gasteiger partial charge on any atom is -0.495 e. The number of hydrogen-bond donors (Lipinski definition) is 1. The summed E-state index contributed by atoms with van der Waals surface area (Å²) in [6, 6.07) is 6.31. The zero-order valence-electron chi connectivity index (χ0n) is 15.1. The van der Waals surface area contributed by atoms with Gasteiger partial charge in [-0.15, -0.1) is 0 Å². The molecule has 6 heteroatoms. The number of hydrogen-bond acceptors (Lipinski definition) is 4. The molecule has 0 amide bonds. The number of ether oxygens (including phenoxy) is 1. The summed E-state index contributed by atoms with van der Waals surface area (Å²) in [4.78, 5) is 4.53. The van der Waals surface area contributed by atoms with Gasteiger partial charge in [-0.3, -0.25) is 9.67 Å². The Kier molecular flexibility index (Phi) is 5.32. The van der Waals surface area contributed by atoms with Gasteiger partial charge >= 0.3 is 0 Å². The van der Waals surface area contributed by atoms with Crippen molar-refractivity contribution in [2.24, 2.45) is 0 Å². The molecule has 26 heavy (non-hydrogen) atoms. The number of nitrogens with zero attached hydrogens (tertiary/aromatic N) is 3. The molecule has 2 aromatic heterocycles. The number of aryl methyl sites for hydroxylation is 1. The third-order valence-corrected chi connectivity index (χ3v) is 4.30. The van der Waals surface area contributed by atoms with Crippen LogP contribution in [0.5, 0.6) is 5.75 Å². The van der Waals surface area contributed by atoms with Gasteiger partial charge in [-0.2, -0.15) is 5.10 Å². The quantitative estimate of drug-likeness (QED) is 0.731. The van der Waals surface area contributed by atoms with Crippen LogP contribution in [0.2, 0.25) is 0 Å². The Morgan fingerprint density at radius 3 is 2.73 bits per heavy atom. The number of aromatic nitrogens is 3. The molecule has 0 spiro atoms. The molecule has 3 rings (SSSR count). The van der Waals surface area contributed by atoms with Crippen LogP contribution < -0.4 is 4.74 Å². The predicted molar refractivity (Wildman–Crippen MR) is 97.5 cm³/mol. The van der Waals surface area contributed by atoms with E-state index in [0.29, 0.717) is 29.0 Å². The Bertz CT molecular complexity index is 906. The van der Waals surface area contributed by atoms with Crippen molar-refractivity contribution >= 4 is 0 Å². The zero-order chi connectivity index (χ0) is 18.7. The first kappa shape index (κ1) is 18.1. The number of aliphatic hydroxyl groups is 1. The summed E-state index contributed by atoms with van der Waals surface area (Å²) in [5.74, 6) is 0.260. The minimum absolute atomic E-state index is 0.385. The normalized spacial score (nSPS) is 12.2. The average molecular weight is 355 g/mol. The molecule has 3 aromatic rings. The maximum Gasteiger partial charge on any atom is 0.137 e. The molecule has 1 aromatic carbocycles. The third-order valence-electron chi connectivity index (χ3n) is 4.30. The van der Waals surface area contributed by atoms with Crippen LogP contribution in [0.4, 0.5) is 4.39 Å². The summed E-state index contributed by atoms with van der Waals surface area (Å²) in [5.41, 5.74) is 3.89. The number of rotatable bonds is 6. The first-order chi connectivity index (χ1) is 12.5. The van der Waals surface area contributed by atoms with Crippen molar-refractivity contribution in [3.05, 3.63) is 65.4 Å². The Morgan fingerprint density at radius 2 is 2.08 bits per heavy atom. The van der Waals surface area contributed by atoms with E-state index in [0.717, 1.165) is 17.7 Å². The fraction of sp³-hybridized carbons (Fsp3) is 0.300. The van der Waals surface area contributed by atoms with Crippen molar-refractivity contribution < 1.29 is 14.2 Å². The van der Waals surface area contributed by atoms with Crippen LogP contribution in [0.15, 0.2) is 42.9 Å².